The van der Waals surface area contributed by atoms with E-state index in [1.54, 1.807) is 31.3 Å². The van der Waals surface area contributed by atoms with Gasteiger partial charge in [0.2, 0.25) is 23.9 Å². The predicted molar refractivity (Wildman–Crippen MR) is 233 cm³/mol. The van der Waals surface area contributed by atoms with Crippen LogP contribution in [-0.2, 0) is 42.3 Å². The molecule has 1 saturated heterocycles. The van der Waals surface area contributed by atoms with Gasteiger partial charge in [-0.1, -0.05) is 38.1 Å². The third kappa shape index (κ3) is 10.6. The van der Waals surface area contributed by atoms with Gasteiger partial charge in [-0.25, -0.2) is 14.4 Å². The predicted octanol–water partition coefficient (Wildman–Crippen LogP) is 1.15. The maximum absolute atomic E-state index is 14.3. The molecule has 4 heterocycles. The molecule has 2 aliphatic heterocycles. The zero-order chi connectivity index (χ0) is 46.6. The lowest BCUT2D eigenvalue weighted by Crippen LogP contribution is -2.63. The average Bonchev–Trinajstić information content (AvgIpc) is 3.81. The Bertz CT molecular complexity index is 2560. The number of amides is 5. The van der Waals surface area contributed by atoms with E-state index in [2.05, 4.69) is 36.6 Å². The number of nitrogens with zero attached hydrogens (tertiary/aromatic N) is 2. The van der Waals surface area contributed by atoms with Crippen LogP contribution in [0.25, 0.3) is 10.9 Å². The van der Waals surface area contributed by atoms with Crippen LogP contribution in [-0.4, -0.2) is 108 Å². The van der Waals surface area contributed by atoms with Crippen molar-refractivity contribution >= 4 is 40.6 Å². The second kappa shape index (κ2) is 19.2. The van der Waals surface area contributed by atoms with Crippen LogP contribution in [0, 0.1) is 5.92 Å². The van der Waals surface area contributed by atoms with Crippen molar-refractivity contribution in [2.75, 3.05) is 7.05 Å². The van der Waals surface area contributed by atoms with Gasteiger partial charge in [0.25, 0.3) is 5.56 Å². The molecule has 0 saturated carbocycles. The number of ether oxygens (including phenoxy) is 1. The number of carboxylic acid groups (broad SMARTS) is 1. The van der Waals surface area contributed by atoms with Crippen molar-refractivity contribution in [3.63, 3.8) is 0 Å². The topological polar surface area (TPSA) is 289 Å². The lowest BCUT2D eigenvalue weighted by molar-refractivity contribution is -0.139. The Kier molecular flexibility index (Phi) is 14.0. The number of aromatic amines is 2. The first-order valence-corrected chi connectivity index (χ1v) is 20.9. The van der Waals surface area contributed by atoms with E-state index in [4.69, 9.17) is 4.74 Å². The molecule has 64 heavy (non-hydrogen) atoms. The molecule has 10 N–H and O–H groups in total. The molecule has 0 aliphatic carbocycles. The van der Waals surface area contributed by atoms with Gasteiger partial charge in [-0.05, 0) is 74.4 Å². The number of H-pyrrole nitrogens is 2. The number of fused-ring (bicyclic) bond motifs is 2. The summed E-state index contributed by atoms with van der Waals surface area (Å²) in [5.41, 5.74) is 0.948. The molecule has 20 heteroatoms. The Morgan fingerprint density at radius 1 is 0.984 bits per heavy atom. The highest BCUT2D eigenvalue weighted by Gasteiger charge is 2.41. The zero-order valence-electron chi connectivity index (χ0n) is 36.3. The van der Waals surface area contributed by atoms with Crippen LogP contribution in [0.5, 0.6) is 5.75 Å². The Morgan fingerprint density at radius 3 is 2.41 bits per heavy atom. The summed E-state index contributed by atoms with van der Waals surface area (Å²) >= 11 is 0. The number of benzene rings is 2. The molecule has 7 atom stereocenters. The Balaban J connectivity index is 1.22. The van der Waals surface area contributed by atoms with E-state index in [1.807, 2.05) is 52.0 Å². The van der Waals surface area contributed by atoms with Gasteiger partial charge in [-0.2, -0.15) is 0 Å². The van der Waals surface area contributed by atoms with Crippen LogP contribution in [0.15, 0.2) is 82.5 Å². The smallest absolute Gasteiger partial charge is 0.331 e. The molecule has 4 aromatic rings. The zero-order valence-corrected chi connectivity index (χ0v) is 36.3. The number of hydrogen-bond acceptors (Lipinski definition) is 11. The molecule has 5 unspecified atom stereocenters. The van der Waals surface area contributed by atoms with E-state index in [1.165, 1.54) is 11.9 Å². The van der Waals surface area contributed by atoms with Gasteiger partial charge in [0.15, 0.2) is 0 Å². The van der Waals surface area contributed by atoms with Crippen molar-refractivity contribution in [3.05, 3.63) is 110 Å². The molecule has 2 aromatic heterocycles. The van der Waals surface area contributed by atoms with Crippen LogP contribution < -0.4 is 37.8 Å². The summed E-state index contributed by atoms with van der Waals surface area (Å²) in [5, 5.41) is 45.5. The Hall–Kier alpha value is -6.93. The molecular formula is C44H55N9O11. The number of carbonyl (C=O) groups excluding carboxylic acids is 4. The minimum absolute atomic E-state index is 0.0415. The summed E-state index contributed by atoms with van der Waals surface area (Å²) < 4.78 is 6.75. The standard InChI is InChI=1S/C44H55N9O11/c1-22(2)15-31(47-42(62)48-33(41(60)61)18-25-20-45-30-10-8-7-9-28(25)30)37(57)50-36(38(58)46-21-27-19-34(55)40(64-27)53-14-13-35(56)49-43(53)63)23(3)52(6)39(59)32-17-24-16-26(54)11-12-29(24)44(4,5)51-32/h7-14,16,20-23,31-34,36,40,45,51,54-55H,15,17-19H2,1-6H3,(H,46,58)(H,50,57)(H,60,61)(H2,47,48,62)(H,49,56,63)/b27-21+/t23?,31?,32?,33?,34-,36?,40-/m1/s1. The third-order valence-electron chi connectivity index (χ3n) is 11.6. The summed E-state index contributed by atoms with van der Waals surface area (Å²) in [4.78, 5) is 99.0. The number of urea groups is 1. The monoisotopic (exact) mass is 885 g/mol. The number of nitrogens with one attached hydrogen (secondary N) is 7. The number of phenolic OH excluding ortho intramolecular Hbond substituents is 1. The summed E-state index contributed by atoms with van der Waals surface area (Å²) in [6, 6.07) is 6.43. The number of aliphatic hydroxyl groups excluding tert-OH is 1. The Labute approximate surface area is 367 Å². The molecule has 0 bridgehead atoms. The number of likely N-dealkylation sites (N-methyl/N-ethyl adjacent to an activating group) is 1. The lowest BCUT2D eigenvalue weighted by Gasteiger charge is -2.41. The van der Waals surface area contributed by atoms with Gasteiger partial charge < -0.3 is 51.2 Å². The summed E-state index contributed by atoms with van der Waals surface area (Å²) in [6.45, 7) is 8.97. The fourth-order valence-electron chi connectivity index (χ4n) is 8.20. The van der Waals surface area contributed by atoms with E-state index < -0.39 is 89.1 Å². The molecule has 2 aromatic carbocycles. The molecule has 342 valence electrons. The molecule has 0 spiro atoms. The number of aliphatic hydroxyl groups is 1. The Morgan fingerprint density at radius 2 is 1.70 bits per heavy atom. The van der Waals surface area contributed by atoms with Crippen molar-refractivity contribution in [1.29, 1.82) is 0 Å². The minimum Gasteiger partial charge on any atom is -0.508 e. The molecule has 6 rings (SSSR count). The lowest BCUT2D eigenvalue weighted by atomic mass is 9.82. The quantitative estimate of drug-likeness (QED) is 0.0805. The van der Waals surface area contributed by atoms with Crippen molar-refractivity contribution < 1.29 is 44.0 Å². The van der Waals surface area contributed by atoms with Crippen molar-refractivity contribution in [2.24, 2.45) is 5.92 Å². The van der Waals surface area contributed by atoms with Crippen LogP contribution >= 0.6 is 0 Å². The summed E-state index contributed by atoms with van der Waals surface area (Å²) in [5.74, 6) is -3.43. The normalized spacial score (nSPS) is 20.3. The highest BCUT2D eigenvalue weighted by atomic mass is 16.5. The van der Waals surface area contributed by atoms with Gasteiger partial charge in [0, 0.05) is 61.0 Å². The van der Waals surface area contributed by atoms with Gasteiger partial charge in [0.05, 0.1) is 12.1 Å². The largest absolute Gasteiger partial charge is 0.508 e. The number of carboxylic acids is 1. The number of rotatable bonds is 15. The summed E-state index contributed by atoms with van der Waals surface area (Å²) in [6.07, 6.45) is 1.58. The van der Waals surface area contributed by atoms with Gasteiger partial charge in [-0.15, -0.1) is 0 Å². The van der Waals surface area contributed by atoms with Crippen LogP contribution in [0.4, 0.5) is 4.79 Å². The first-order chi connectivity index (χ1) is 30.2. The number of hydrogen-bond donors (Lipinski definition) is 10. The second-order valence-corrected chi connectivity index (χ2v) is 17.2. The maximum atomic E-state index is 14.3. The van der Waals surface area contributed by atoms with Crippen LogP contribution in [0.2, 0.25) is 0 Å². The first kappa shape index (κ1) is 46.6. The fourth-order valence-corrected chi connectivity index (χ4v) is 8.20. The number of phenols is 1. The van der Waals surface area contributed by atoms with E-state index in [0.717, 1.165) is 45.1 Å². The van der Waals surface area contributed by atoms with E-state index >= 15 is 0 Å². The van der Waals surface area contributed by atoms with Crippen LogP contribution in [0.3, 0.4) is 0 Å². The highest BCUT2D eigenvalue weighted by Crippen LogP contribution is 2.33. The van der Waals surface area contributed by atoms with Crippen molar-refractivity contribution in [3.8, 4) is 5.75 Å². The number of carbonyl (C=O) groups is 5. The van der Waals surface area contributed by atoms with Gasteiger partial charge >= 0.3 is 17.7 Å². The SMILES string of the molecule is CC(C)CC(NC(=O)NC(Cc1c[nH]c2ccccc12)C(=O)O)C(=O)NC(C(=O)N/C=C1\C[C@@H](O)[C@H](n2ccc(=O)[nH]c2=O)O1)C(C)N(C)C(=O)C1Cc2cc(O)ccc2C(C)(C)N1. The maximum Gasteiger partial charge on any atom is 0.331 e. The molecule has 20 nitrogen and oxygen atoms in total. The number of para-hydroxylation sites is 1. The van der Waals surface area contributed by atoms with Gasteiger partial charge in [0.1, 0.15) is 35.7 Å². The van der Waals surface area contributed by atoms with E-state index in [-0.39, 0.29) is 43.1 Å². The van der Waals surface area contributed by atoms with Crippen molar-refractivity contribution in [1.82, 2.24) is 46.0 Å². The first-order valence-electron chi connectivity index (χ1n) is 20.9. The van der Waals surface area contributed by atoms with E-state index in [9.17, 15) is 48.9 Å². The highest BCUT2D eigenvalue weighted by molar-refractivity contribution is 5.94. The number of aromatic hydroxyl groups is 1. The fraction of sp³-hybridized carbons (Fsp3) is 0.432. The molecule has 1 fully saturated rings. The number of aromatic nitrogens is 3. The van der Waals surface area contributed by atoms with Crippen LogP contribution in [0.1, 0.15) is 70.4 Å². The molecule has 0 radical (unpaired) electrons. The third-order valence-corrected chi connectivity index (χ3v) is 11.6. The second-order valence-electron chi connectivity index (χ2n) is 17.2. The number of aliphatic carboxylic acids is 1. The average molecular weight is 886 g/mol. The summed E-state index contributed by atoms with van der Waals surface area (Å²) in [7, 11) is 1.48. The van der Waals surface area contributed by atoms with E-state index in [0.29, 0.717) is 5.56 Å². The van der Waals surface area contributed by atoms with Crippen molar-refractivity contribution in [2.45, 2.75) is 108 Å². The minimum atomic E-state index is -1.48. The molecule has 2 aliphatic rings. The molecule has 5 amide bonds. The molecular weight excluding hydrogens is 831 g/mol. The van der Waals surface area contributed by atoms with Gasteiger partial charge in [-0.3, -0.25) is 34.0 Å².